The van der Waals surface area contributed by atoms with Gasteiger partial charge in [0.15, 0.2) is 17.6 Å². The van der Waals surface area contributed by atoms with Gasteiger partial charge in [0.25, 0.3) is 0 Å². The summed E-state index contributed by atoms with van der Waals surface area (Å²) in [5.74, 6) is 2.26. The average molecular weight is 439 g/mol. The minimum absolute atomic E-state index is 0.135. The number of rotatable bonds is 4. The number of benzene rings is 3. The molecule has 3 heterocycles. The molecule has 1 aromatic heterocycles. The van der Waals surface area contributed by atoms with Crippen LogP contribution in [0.5, 0.6) is 23.0 Å². The molecule has 0 saturated carbocycles. The second-order valence-corrected chi connectivity index (χ2v) is 8.05. The highest BCUT2D eigenvalue weighted by Gasteiger charge is 2.32. The monoisotopic (exact) mass is 439 g/mol. The van der Waals surface area contributed by atoms with Crippen molar-refractivity contribution in [3.63, 3.8) is 0 Å². The molecule has 0 saturated heterocycles. The maximum atomic E-state index is 13.4. The summed E-state index contributed by atoms with van der Waals surface area (Å²) in [4.78, 5) is 13.4. The molecule has 33 heavy (non-hydrogen) atoms. The highest BCUT2D eigenvalue weighted by molar-refractivity contribution is 5.99. The average Bonchev–Trinajstić information content (AvgIpc) is 3.28. The Morgan fingerprint density at radius 3 is 2.27 bits per heavy atom. The molecule has 1 atom stereocenters. The lowest BCUT2D eigenvalue weighted by molar-refractivity contribution is -0.116. The SMILES string of the molecule is O=C(Nc1cnn(CC2COc3ccccc3O2)c1)C1c2ccccc2Oc2ccccc21. The number of amides is 1. The molecule has 2 aliphatic rings. The van der Waals surface area contributed by atoms with Crippen molar-refractivity contribution in [2.24, 2.45) is 0 Å². The van der Waals surface area contributed by atoms with Crippen LogP contribution in [0.1, 0.15) is 17.0 Å². The number of nitrogens with zero attached hydrogens (tertiary/aromatic N) is 2. The number of hydrogen-bond acceptors (Lipinski definition) is 5. The number of ether oxygens (including phenoxy) is 3. The number of fused-ring (bicyclic) bond motifs is 3. The van der Waals surface area contributed by atoms with Crippen LogP contribution in [-0.2, 0) is 11.3 Å². The minimum Gasteiger partial charge on any atom is -0.486 e. The summed E-state index contributed by atoms with van der Waals surface area (Å²) in [6.45, 7) is 0.946. The topological polar surface area (TPSA) is 74.6 Å². The molecule has 0 aliphatic carbocycles. The zero-order valence-electron chi connectivity index (χ0n) is 17.7. The van der Waals surface area contributed by atoms with Gasteiger partial charge in [-0.2, -0.15) is 5.10 Å². The Morgan fingerprint density at radius 2 is 1.55 bits per heavy atom. The maximum Gasteiger partial charge on any atom is 0.236 e. The third kappa shape index (κ3) is 3.67. The van der Waals surface area contributed by atoms with E-state index in [1.54, 1.807) is 17.1 Å². The number of para-hydroxylation sites is 4. The number of nitrogens with one attached hydrogen (secondary N) is 1. The fourth-order valence-electron chi connectivity index (χ4n) is 4.30. The van der Waals surface area contributed by atoms with E-state index in [-0.39, 0.29) is 12.0 Å². The summed E-state index contributed by atoms with van der Waals surface area (Å²) in [5, 5.41) is 7.41. The molecule has 4 aromatic rings. The summed E-state index contributed by atoms with van der Waals surface area (Å²) in [7, 11) is 0. The fraction of sp³-hybridized carbons (Fsp3) is 0.154. The van der Waals surface area contributed by atoms with Gasteiger partial charge >= 0.3 is 0 Å². The predicted octanol–water partition coefficient (Wildman–Crippen LogP) is 4.60. The Kier molecular flexibility index (Phi) is 4.72. The summed E-state index contributed by atoms with van der Waals surface area (Å²) >= 11 is 0. The van der Waals surface area contributed by atoms with Crippen LogP contribution in [0.4, 0.5) is 5.69 Å². The van der Waals surface area contributed by atoms with Crippen molar-refractivity contribution in [3.05, 3.63) is 96.3 Å². The van der Waals surface area contributed by atoms with Crippen molar-refractivity contribution in [1.29, 1.82) is 0 Å². The standard InChI is InChI=1S/C26H21N3O4/c30-26(25-19-7-1-3-9-21(19)33-22-10-4-2-8-20(22)25)28-17-13-27-29(14-17)15-18-16-31-23-11-5-6-12-24(23)32-18/h1-14,18,25H,15-16H2,(H,28,30). The first kappa shape index (κ1) is 19.4. The summed E-state index contributed by atoms with van der Waals surface area (Å²) in [6.07, 6.45) is 3.28. The molecule has 0 radical (unpaired) electrons. The lowest BCUT2D eigenvalue weighted by Gasteiger charge is -2.27. The molecule has 3 aromatic carbocycles. The van der Waals surface area contributed by atoms with E-state index in [4.69, 9.17) is 14.2 Å². The van der Waals surface area contributed by atoms with Gasteiger partial charge in [-0.15, -0.1) is 0 Å². The molecule has 1 amide bonds. The van der Waals surface area contributed by atoms with Gasteiger partial charge in [-0.25, -0.2) is 0 Å². The Balaban J connectivity index is 1.19. The molecule has 1 N–H and O–H groups in total. The highest BCUT2D eigenvalue weighted by Crippen LogP contribution is 2.44. The molecule has 7 heteroatoms. The van der Waals surface area contributed by atoms with E-state index >= 15 is 0 Å². The van der Waals surface area contributed by atoms with Crippen LogP contribution >= 0.6 is 0 Å². The van der Waals surface area contributed by atoms with E-state index in [0.29, 0.717) is 30.3 Å². The third-order valence-electron chi connectivity index (χ3n) is 5.80. The van der Waals surface area contributed by atoms with Crippen LogP contribution in [0, 0.1) is 0 Å². The van der Waals surface area contributed by atoms with Crippen molar-refractivity contribution in [2.75, 3.05) is 11.9 Å². The van der Waals surface area contributed by atoms with Gasteiger partial charge in [0.2, 0.25) is 5.91 Å². The Morgan fingerprint density at radius 1 is 0.909 bits per heavy atom. The Bertz CT molecular complexity index is 1290. The summed E-state index contributed by atoms with van der Waals surface area (Å²) in [6, 6.07) is 22.9. The lowest BCUT2D eigenvalue weighted by atomic mass is 9.87. The number of anilines is 1. The number of hydrogen-bond donors (Lipinski definition) is 1. The normalized spacial score (nSPS) is 16.3. The van der Waals surface area contributed by atoms with Crippen molar-refractivity contribution in [1.82, 2.24) is 9.78 Å². The predicted molar refractivity (Wildman–Crippen MR) is 122 cm³/mol. The van der Waals surface area contributed by atoms with E-state index in [0.717, 1.165) is 22.6 Å². The van der Waals surface area contributed by atoms with Crippen molar-refractivity contribution in [2.45, 2.75) is 18.6 Å². The van der Waals surface area contributed by atoms with Crippen LogP contribution < -0.4 is 19.5 Å². The molecule has 7 nitrogen and oxygen atoms in total. The molecule has 164 valence electrons. The summed E-state index contributed by atoms with van der Waals surface area (Å²) < 4.78 is 19.5. The van der Waals surface area contributed by atoms with E-state index in [1.165, 1.54) is 0 Å². The van der Waals surface area contributed by atoms with E-state index in [2.05, 4.69) is 10.4 Å². The number of carbonyl (C=O) groups excluding carboxylic acids is 1. The van der Waals surface area contributed by atoms with Crippen LogP contribution in [0.2, 0.25) is 0 Å². The molecular weight excluding hydrogens is 418 g/mol. The van der Waals surface area contributed by atoms with Crippen LogP contribution in [0.15, 0.2) is 85.2 Å². The molecule has 1 unspecified atom stereocenters. The van der Waals surface area contributed by atoms with Gasteiger partial charge in [-0.1, -0.05) is 48.5 Å². The molecular formula is C26H21N3O4. The van der Waals surface area contributed by atoms with Crippen molar-refractivity contribution < 1.29 is 19.0 Å². The Hall–Kier alpha value is -4.26. The van der Waals surface area contributed by atoms with Crippen molar-refractivity contribution in [3.8, 4) is 23.0 Å². The number of aromatic nitrogens is 2. The van der Waals surface area contributed by atoms with Gasteiger partial charge in [0.1, 0.15) is 18.1 Å². The molecule has 0 bridgehead atoms. The zero-order valence-corrected chi connectivity index (χ0v) is 17.7. The van der Waals surface area contributed by atoms with E-state index in [9.17, 15) is 4.79 Å². The number of carbonyl (C=O) groups is 1. The smallest absolute Gasteiger partial charge is 0.236 e. The lowest BCUT2D eigenvalue weighted by Crippen LogP contribution is -2.33. The highest BCUT2D eigenvalue weighted by atomic mass is 16.6. The largest absolute Gasteiger partial charge is 0.486 e. The fourth-order valence-corrected chi connectivity index (χ4v) is 4.30. The maximum absolute atomic E-state index is 13.4. The Labute approximate surface area is 190 Å². The van der Waals surface area contributed by atoms with E-state index < -0.39 is 5.92 Å². The van der Waals surface area contributed by atoms with E-state index in [1.807, 2.05) is 72.8 Å². The van der Waals surface area contributed by atoms with Crippen LogP contribution in [0.3, 0.4) is 0 Å². The quantitative estimate of drug-likeness (QED) is 0.503. The molecule has 0 spiro atoms. The minimum atomic E-state index is -0.471. The zero-order chi connectivity index (χ0) is 22.2. The van der Waals surface area contributed by atoms with Crippen LogP contribution in [-0.4, -0.2) is 28.4 Å². The van der Waals surface area contributed by atoms with Gasteiger partial charge in [-0.3, -0.25) is 9.48 Å². The van der Waals surface area contributed by atoms with Crippen molar-refractivity contribution >= 4 is 11.6 Å². The molecule has 0 fully saturated rings. The molecule has 6 rings (SSSR count). The first-order valence-electron chi connectivity index (χ1n) is 10.8. The third-order valence-corrected chi connectivity index (χ3v) is 5.80. The second kappa shape index (κ2) is 8.02. The van der Waals surface area contributed by atoms with Gasteiger partial charge in [-0.05, 0) is 24.3 Å². The van der Waals surface area contributed by atoms with Gasteiger partial charge in [0.05, 0.1) is 24.3 Å². The second-order valence-electron chi connectivity index (χ2n) is 8.05. The molecule has 2 aliphatic heterocycles. The van der Waals surface area contributed by atoms with Gasteiger partial charge in [0, 0.05) is 17.3 Å². The van der Waals surface area contributed by atoms with Gasteiger partial charge < -0.3 is 19.5 Å². The van der Waals surface area contributed by atoms with Crippen LogP contribution in [0.25, 0.3) is 0 Å². The first-order chi connectivity index (χ1) is 16.2. The summed E-state index contributed by atoms with van der Waals surface area (Å²) in [5.41, 5.74) is 2.30. The first-order valence-corrected chi connectivity index (χ1v) is 10.8.